The lowest BCUT2D eigenvalue weighted by atomic mass is 10.1. The van der Waals surface area contributed by atoms with Crippen LogP contribution in [0.3, 0.4) is 0 Å². The molecule has 2 aromatic carbocycles. The number of hydrazone groups is 1. The number of nitrogens with one attached hydrogen (secondary N) is 2. The summed E-state index contributed by atoms with van der Waals surface area (Å²) in [5, 5.41) is 6.54. The zero-order valence-electron chi connectivity index (χ0n) is 13.8. The predicted molar refractivity (Wildman–Crippen MR) is 101 cm³/mol. The van der Waals surface area contributed by atoms with Gasteiger partial charge < -0.3 is 10.1 Å². The summed E-state index contributed by atoms with van der Waals surface area (Å²) in [7, 11) is 1.56. The second-order valence-corrected chi connectivity index (χ2v) is 6.14. The largest absolute Gasteiger partial charge is 0.497 e. The molecule has 25 heavy (non-hydrogen) atoms. The second-order valence-electron chi connectivity index (χ2n) is 5.23. The Morgan fingerprint density at radius 2 is 1.72 bits per heavy atom. The lowest BCUT2D eigenvalue weighted by Crippen LogP contribution is -2.34. The fraction of sp³-hybridized carbons (Fsp3) is 0.167. The van der Waals surface area contributed by atoms with Crippen molar-refractivity contribution in [2.24, 2.45) is 11.0 Å². The number of rotatable bonds is 6. The molecule has 2 aromatic rings. The van der Waals surface area contributed by atoms with Gasteiger partial charge in [-0.05, 0) is 48.9 Å². The average Bonchev–Trinajstić information content (AvgIpc) is 2.63. The Labute approximate surface area is 154 Å². The summed E-state index contributed by atoms with van der Waals surface area (Å²) in [6.07, 6.45) is 1.51. The summed E-state index contributed by atoms with van der Waals surface area (Å²) >= 11 is 3.34. The lowest BCUT2D eigenvalue weighted by Gasteiger charge is -2.11. The Morgan fingerprint density at radius 1 is 1.08 bits per heavy atom. The Bertz CT molecular complexity index is 758. The van der Waals surface area contributed by atoms with Crippen LogP contribution in [-0.2, 0) is 9.59 Å². The van der Waals surface area contributed by atoms with Crippen LogP contribution in [-0.4, -0.2) is 25.1 Å². The van der Waals surface area contributed by atoms with Crippen LogP contribution < -0.4 is 15.5 Å². The number of nitrogens with zero attached hydrogens (tertiary/aromatic N) is 1. The van der Waals surface area contributed by atoms with E-state index >= 15 is 0 Å². The van der Waals surface area contributed by atoms with Crippen LogP contribution in [0.25, 0.3) is 0 Å². The van der Waals surface area contributed by atoms with E-state index in [1.165, 1.54) is 13.1 Å². The zero-order valence-corrected chi connectivity index (χ0v) is 15.4. The van der Waals surface area contributed by atoms with E-state index in [9.17, 15) is 9.59 Å². The molecule has 0 saturated heterocycles. The Morgan fingerprint density at radius 3 is 2.32 bits per heavy atom. The van der Waals surface area contributed by atoms with E-state index in [4.69, 9.17) is 4.74 Å². The molecule has 130 valence electrons. The number of benzene rings is 2. The first kappa shape index (κ1) is 18.7. The summed E-state index contributed by atoms with van der Waals surface area (Å²) in [4.78, 5) is 24.1. The summed E-state index contributed by atoms with van der Waals surface area (Å²) < 4.78 is 6.01. The van der Waals surface area contributed by atoms with Crippen LogP contribution in [0.1, 0.15) is 12.5 Å². The number of methoxy groups -OCH3 is 1. The number of carbonyl (C=O) groups excluding carboxylic acids is 2. The number of amides is 2. The topological polar surface area (TPSA) is 79.8 Å². The second kappa shape index (κ2) is 8.98. The van der Waals surface area contributed by atoms with Gasteiger partial charge in [-0.25, -0.2) is 5.43 Å². The molecule has 0 aliphatic carbocycles. The summed E-state index contributed by atoms with van der Waals surface area (Å²) in [5.74, 6) is -1.10. The minimum absolute atomic E-state index is 0.415. The highest BCUT2D eigenvalue weighted by Crippen LogP contribution is 2.15. The minimum atomic E-state index is -0.885. The maximum absolute atomic E-state index is 12.1. The summed E-state index contributed by atoms with van der Waals surface area (Å²) in [6.45, 7) is 1.52. The van der Waals surface area contributed by atoms with Crippen LogP contribution >= 0.6 is 15.9 Å². The number of ether oxygens (including phenoxy) is 1. The van der Waals surface area contributed by atoms with E-state index in [1.807, 2.05) is 24.3 Å². The van der Waals surface area contributed by atoms with Crippen molar-refractivity contribution >= 4 is 39.6 Å². The third-order valence-corrected chi connectivity index (χ3v) is 3.93. The van der Waals surface area contributed by atoms with Gasteiger partial charge in [0.15, 0.2) is 0 Å². The molecule has 0 aliphatic rings. The molecule has 1 atom stereocenters. The molecule has 0 heterocycles. The highest BCUT2D eigenvalue weighted by atomic mass is 79.9. The molecule has 6 nitrogen and oxygen atoms in total. The molecule has 7 heteroatoms. The van der Waals surface area contributed by atoms with Gasteiger partial charge in [-0.3, -0.25) is 9.59 Å². The molecule has 1 unspecified atom stereocenters. The molecule has 0 fully saturated rings. The van der Waals surface area contributed by atoms with Crippen LogP contribution in [0, 0.1) is 5.92 Å². The number of halogens is 1. The van der Waals surface area contributed by atoms with Crippen LogP contribution in [0.2, 0.25) is 0 Å². The molecule has 0 spiro atoms. The van der Waals surface area contributed by atoms with E-state index in [1.54, 1.807) is 31.4 Å². The maximum atomic E-state index is 12.1. The first-order valence-electron chi connectivity index (χ1n) is 7.53. The summed E-state index contributed by atoms with van der Waals surface area (Å²) in [5.41, 5.74) is 3.79. The smallest absolute Gasteiger partial charge is 0.252 e. The van der Waals surface area contributed by atoms with E-state index < -0.39 is 17.7 Å². The van der Waals surface area contributed by atoms with Crippen LogP contribution in [0.4, 0.5) is 5.69 Å². The fourth-order valence-electron chi connectivity index (χ4n) is 1.86. The first-order valence-corrected chi connectivity index (χ1v) is 8.32. The molecular weight excluding hydrogens is 386 g/mol. The quantitative estimate of drug-likeness (QED) is 0.441. The molecule has 0 aliphatic heterocycles. The number of hydrogen-bond donors (Lipinski definition) is 2. The van der Waals surface area contributed by atoms with Gasteiger partial charge in [-0.1, -0.05) is 28.1 Å². The third kappa shape index (κ3) is 5.72. The van der Waals surface area contributed by atoms with Crippen LogP contribution in [0.15, 0.2) is 58.1 Å². The molecule has 2 N–H and O–H groups in total. The van der Waals surface area contributed by atoms with Gasteiger partial charge in [-0.2, -0.15) is 5.10 Å². The first-order chi connectivity index (χ1) is 12.0. The number of carbonyl (C=O) groups is 2. The van der Waals surface area contributed by atoms with Gasteiger partial charge in [0.05, 0.1) is 13.3 Å². The van der Waals surface area contributed by atoms with Crippen LogP contribution in [0.5, 0.6) is 5.75 Å². The minimum Gasteiger partial charge on any atom is -0.497 e. The number of anilines is 1. The Balaban J connectivity index is 1.87. The SMILES string of the molecule is COc1ccc(NC(=O)C(C)C(=O)NN=Cc2ccc(Br)cc2)cc1. The molecule has 0 bridgehead atoms. The van der Waals surface area contributed by atoms with Crippen molar-refractivity contribution in [3.63, 3.8) is 0 Å². The van der Waals surface area contributed by atoms with Crippen molar-refractivity contribution in [1.82, 2.24) is 5.43 Å². The maximum Gasteiger partial charge on any atom is 0.252 e. The monoisotopic (exact) mass is 403 g/mol. The van der Waals surface area contributed by atoms with Crippen molar-refractivity contribution in [1.29, 1.82) is 0 Å². The van der Waals surface area contributed by atoms with Gasteiger partial charge in [0.25, 0.3) is 5.91 Å². The van der Waals surface area contributed by atoms with Crippen molar-refractivity contribution < 1.29 is 14.3 Å². The summed E-state index contributed by atoms with van der Waals surface area (Å²) in [6, 6.07) is 14.3. The van der Waals surface area contributed by atoms with Gasteiger partial charge in [-0.15, -0.1) is 0 Å². The highest BCUT2D eigenvalue weighted by molar-refractivity contribution is 9.10. The number of hydrogen-bond acceptors (Lipinski definition) is 4. The van der Waals surface area contributed by atoms with E-state index in [0.717, 1.165) is 10.0 Å². The lowest BCUT2D eigenvalue weighted by molar-refractivity contribution is -0.131. The van der Waals surface area contributed by atoms with Gasteiger partial charge >= 0.3 is 0 Å². The molecule has 0 radical (unpaired) electrons. The highest BCUT2D eigenvalue weighted by Gasteiger charge is 2.21. The van der Waals surface area contributed by atoms with Crippen molar-refractivity contribution in [2.75, 3.05) is 12.4 Å². The third-order valence-electron chi connectivity index (χ3n) is 3.40. The molecular formula is C18H18BrN3O3. The van der Waals surface area contributed by atoms with Gasteiger partial charge in [0.1, 0.15) is 11.7 Å². The molecule has 0 saturated carbocycles. The van der Waals surface area contributed by atoms with Gasteiger partial charge in [0.2, 0.25) is 5.91 Å². The molecule has 2 amide bonds. The van der Waals surface area contributed by atoms with Crippen molar-refractivity contribution in [2.45, 2.75) is 6.92 Å². The van der Waals surface area contributed by atoms with Crippen molar-refractivity contribution in [3.8, 4) is 5.75 Å². The van der Waals surface area contributed by atoms with E-state index in [-0.39, 0.29) is 0 Å². The Kier molecular flexibility index (Phi) is 6.71. The van der Waals surface area contributed by atoms with E-state index in [2.05, 4.69) is 31.8 Å². The molecule has 2 rings (SSSR count). The normalized spacial score (nSPS) is 11.8. The average molecular weight is 404 g/mol. The van der Waals surface area contributed by atoms with Gasteiger partial charge in [0, 0.05) is 10.2 Å². The molecule has 0 aromatic heterocycles. The van der Waals surface area contributed by atoms with E-state index in [0.29, 0.717) is 11.4 Å². The zero-order chi connectivity index (χ0) is 18.2. The standard InChI is InChI=1S/C18H18BrN3O3/c1-12(17(23)21-15-7-9-16(25-2)10-8-15)18(24)22-20-11-13-3-5-14(19)6-4-13/h3-12H,1-2H3,(H,21,23)(H,22,24). The Hall–Kier alpha value is -2.67. The van der Waals surface area contributed by atoms with Crippen molar-refractivity contribution in [3.05, 3.63) is 58.6 Å². The fourth-order valence-corrected chi connectivity index (χ4v) is 2.12. The predicted octanol–water partition coefficient (Wildman–Crippen LogP) is 3.18.